The zero-order valence-electron chi connectivity index (χ0n) is 13.8. The maximum Gasteiger partial charge on any atom is 0.319 e. The van der Waals surface area contributed by atoms with Crippen LogP contribution in [-0.2, 0) is 6.42 Å². The number of hydrogen-bond acceptors (Lipinski definition) is 3. The fraction of sp³-hybridized carbons (Fsp3) is 0.333. The summed E-state index contributed by atoms with van der Waals surface area (Å²) in [5.74, 6) is -1.32. The third-order valence-corrected chi connectivity index (χ3v) is 4.09. The molecule has 1 aromatic heterocycles. The molecule has 1 aliphatic heterocycles. The summed E-state index contributed by atoms with van der Waals surface area (Å²) in [5, 5.41) is 5.10. The number of nitrogens with one attached hydrogen (secondary N) is 2. The number of aromatic nitrogens is 1. The fourth-order valence-corrected chi connectivity index (χ4v) is 2.91. The number of halogens is 2. The Hall–Kier alpha value is -2.70. The lowest BCUT2D eigenvalue weighted by Gasteiger charge is -2.20. The third-order valence-electron chi connectivity index (χ3n) is 4.09. The van der Waals surface area contributed by atoms with E-state index in [4.69, 9.17) is 0 Å². The monoisotopic (exact) mass is 346 g/mol. The summed E-state index contributed by atoms with van der Waals surface area (Å²) in [6, 6.07) is 7.34. The largest absolute Gasteiger partial charge is 0.367 e. The Morgan fingerprint density at radius 1 is 1.16 bits per heavy atom. The molecule has 0 atom stereocenters. The van der Waals surface area contributed by atoms with Gasteiger partial charge in [-0.1, -0.05) is 6.07 Å². The summed E-state index contributed by atoms with van der Waals surface area (Å²) in [6.07, 6.45) is 4.11. The van der Waals surface area contributed by atoms with Crippen LogP contribution in [-0.4, -0.2) is 30.6 Å². The Labute approximate surface area is 145 Å². The smallest absolute Gasteiger partial charge is 0.319 e. The Bertz CT molecular complexity index is 710. The lowest BCUT2D eigenvalue weighted by Crippen LogP contribution is -2.30. The van der Waals surface area contributed by atoms with Crippen LogP contribution in [0.5, 0.6) is 0 Å². The molecule has 2 amide bonds. The van der Waals surface area contributed by atoms with Crippen LogP contribution in [0.15, 0.2) is 36.5 Å². The van der Waals surface area contributed by atoms with Gasteiger partial charge in [-0.2, -0.15) is 0 Å². The predicted molar refractivity (Wildman–Crippen MR) is 92.8 cm³/mol. The Balaban J connectivity index is 1.56. The van der Waals surface area contributed by atoms with Gasteiger partial charge in [0.15, 0.2) is 11.6 Å². The SMILES string of the molecule is O=C(NCCc1ccccn1)Nc1cc(F)c(N2CCCC2)c(F)c1. The first-order valence-corrected chi connectivity index (χ1v) is 8.32. The highest BCUT2D eigenvalue weighted by atomic mass is 19.1. The van der Waals surface area contributed by atoms with E-state index in [1.54, 1.807) is 11.1 Å². The predicted octanol–water partition coefficient (Wildman–Crippen LogP) is 3.32. The minimum atomic E-state index is -0.661. The molecule has 1 fully saturated rings. The molecule has 1 saturated heterocycles. The molecule has 0 bridgehead atoms. The summed E-state index contributed by atoms with van der Waals surface area (Å²) in [4.78, 5) is 17.7. The molecule has 1 aliphatic rings. The molecule has 0 radical (unpaired) electrons. The lowest BCUT2D eigenvalue weighted by molar-refractivity contribution is 0.252. The second-order valence-corrected chi connectivity index (χ2v) is 5.93. The Kier molecular flexibility index (Phi) is 5.42. The Morgan fingerprint density at radius 3 is 2.52 bits per heavy atom. The highest BCUT2D eigenvalue weighted by Crippen LogP contribution is 2.29. The van der Waals surface area contributed by atoms with E-state index in [2.05, 4.69) is 15.6 Å². The number of pyridine rings is 1. The highest BCUT2D eigenvalue weighted by molar-refractivity contribution is 5.89. The number of carbonyl (C=O) groups is 1. The van der Waals surface area contributed by atoms with Gasteiger partial charge < -0.3 is 15.5 Å². The summed E-state index contributed by atoms with van der Waals surface area (Å²) in [6.45, 7) is 1.67. The van der Waals surface area contributed by atoms with Gasteiger partial charge in [0.1, 0.15) is 5.69 Å². The molecular weight excluding hydrogens is 326 g/mol. The van der Waals surface area contributed by atoms with E-state index in [0.717, 1.165) is 30.7 Å². The van der Waals surface area contributed by atoms with Gasteiger partial charge in [0.2, 0.25) is 0 Å². The number of urea groups is 1. The van der Waals surface area contributed by atoms with Gasteiger partial charge in [0.25, 0.3) is 0 Å². The van der Waals surface area contributed by atoms with Crippen molar-refractivity contribution in [1.82, 2.24) is 10.3 Å². The minimum Gasteiger partial charge on any atom is -0.367 e. The number of rotatable bonds is 5. The van der Waals surface area contributed by atoms with Crippen molar-refractivity contribution in [3.05, 3.63) is 53.9 Å². The van der Waals surface area contributed by atoms with Crippen LogP contribution in [0.25, 0.3) is 0 Å². The van der Waals surface area contributed by atoms with Crippen molar-refractivity contribution in [2.45, 2.75) is 19.3 Å². The minimum absolute atomic E-state index is 0.0152. The van der Waals surface area contributed by atoms with Crippen molar-refractivity contribution in [2.75, 3.05) is 29.9 Å². The van der Waals surface area contributed by atoms with E-state index >= 15 is 0 Å². The van der Waals surface area contributed by atoms with E-state index in [1.807, 2.05) is 18.2 Å². The van der Waals surface area contributed by atoms with Crippen molar-refractivity contribution in [3.63, 3.8) is 0 Å². The average molecular weight is 346 g/mol. The summed E-state index contributed by atoms with van der Waals surface area (Å²) in [7, 11) is 0. The summed E-state index contributed by atoms with van der Waals surface area (Å²) < 4.78 is 28.4. The second kappa shape index (κ2) is 7.92. The van der Waals surface area contributed by atoms with Gasteiger partial charge >= 0.3 is 6.03 Å². The molecule has 2 N–H and O–H groups in total. The molecule has 25 heavy (non-hydrogen) atoms. The normalized spacial score (nSPS) is 13.8. The molecule has 2 heterocycles. The number of carbonyl (C=O) groups excluding carboxylic acids is 1. The molecule has 132 valence electrons. The van der Waals surface area contributed by atoms with E-state index in [0.29, 0.717) is 26.1 Å². The first-order chi connectivity index (χ1) is 12.1. The summed E-state index contributed by atoms with van der Waals surface area (Å²) in [5.41, 5.74) is 0.932. The lowest BCUT2D eigenvalue weighted by atomic mass is 10.2. The van der Waals surface area contributed by atoms with Crippen LogP contribution in [0.1, 0.15) is 18.5 Å². The van der Waals surface area contributed by atoms with Crippen LogP contribution in [0.4, 0.5) is 25.0 Å². The first kappa shape index (κ1) is 17.1. The maximum absolute atomic E-state index is 14.2. The van der Waals surface area contributed by atoms with E-state index in [-0.39, 0.29) is 11.4 Å². The van der Waals surface area contributed by atoms with Crippen LogP contribution < -0.4 is 15.5 Å². The van der Waals surface area contributed by atoms with Crippen molar-refractivity contribution in [1.29, 1.82) is 0 Å². The molecule has 5 nitrogen and oxygen atoms in total. The first-order valence-electron chi connectivity index (χ1n) is 8.32. The molecule has 0 unspecified atom stereocenters. The van der Waals surface area contributed by atoms with Crippen LogP contribution in [0.3, 0.4) is 0 Å². The molecule has 7 heteroatoms. The van der Waals surface area contributed by atoms with Gasteiger partial charge in [-0.15, -0.1) is 0 Å². The average Bonchev–Trinajstić information content (AvgIpc) is 3.09. The van der Waals surface area contributed by atoms with Gasteiger partial charge in [-0.05, 0) is 37.1 Å². The molecule has 0 saturated carbocycles. The topological polar surface area (TPSA) is 57.3 Å². The zero-order valence-corrected chi connectivity index (χ0v) is 13.8. The number of anilines is 2. The van der Waals surface area contributed by atoms with E-state index < -0.39 is 17.7 Å². The van der Waals surface area contributed by atoms with Crippen molar-refractivity contribution in [3.8, 4) is 0 Å². The van der Waals surface area contributed by atoms with Gasteiger partial charge in [0, 0.05) is 43.6 Å². The van der Waals surface area contributed by atoms with Gasteiger partial charge in [0.05, 0.1) is 0 Å². The third kappa shape index (κ3) is 4.43. The van der Waals surface area contributed by atoms with Crippen molar-refractivity contribution < 1.29 is 13.6 Å². The van der Waals surface area contributed by atoms with Crippen LogP contribution >= 0.6 is 0 Å². The van der Waals surface area contributed by atoms with Gasteiger partial charge in [-0.3, -0.25) is 4.98 Å². The fourth-order valence-electron chi connectivity index (χ4n) is 2.91. The Morgan fingerprint density at radius 2 is 1.88 bits per heavy atom. The zero-order chi connectivity index (χ0) is 17.6. The van der Waals surface area contributed by atoms with E-state index in [9.17, 15) is 13.6 Å². The number of amides is 2. The number of benzene rings is 1. The molecular formula is C18H20F2N4O. The molecule has 0 spiro atoms. The molecule has 1 aromatic carbocycles. The van der Waals surface area contributed by atoms with Crippen LogP contribution in [0, 0.1) is 11.6 Å². The quantitative estimate of drug-likeness (QED) is 0.873. The second-order valence-electron chi connectivity index (χ2n) is 5.93. The number of hydrogen-bond donors (Lipinski definition) is 2. The van der Waals surface area contributed by atoms with Crippen molar-refractivity contribution in [2.24, 2.45) is 0 Å². The van der Waals surface area contributed by atoms with Crippen LogP contribution in [0.2, 0.25) is 0 Å². The molecule has 2 aromatic rings. The van der Waals surface area contributed by atoms with Crippen molar-refractivity contribution >= 4 is 17.4 Å². The maximum atomic E-state index is 14.2. The van der Waals surface area contributed by atoms with E-state index in [1.165, 1.54) is 0 Å². The number of nitrogens with zero attached hydrogens (tertiary/aromatic N) is 2. The highest BCUT2D eigenvalue weighted by Gasteiger charge is 2.21. The molecule has 3 rings (SSSR count). The van der Waals surface area contributed by atoms with Gasteiger partial charge in [-0.25, -0.2) is 13.6 Å². The standard InChI is InChI=1S/C18H20F2N4O/c19-15-11-14(12-16(20)17(15)24-9-3-4-10-24)23-18(25)22-8-6-13-5-1-2-7-21-13/h1-2,5,7,11-12H,3-4,6,8-10H2,(H2,22,23,25). The molecule has 0 aliphatic carbocycles. The summed E-state index contributed by atoms with van der Waals surface area (Å²) >= 11 is 0.